The Bertz CT molecular complexity index is 189. The molecule has 0 fully saturated rings. The van der Waals surface area contributed by atoms with Crippen molar-refractivity contribution in [3.63, 3.8) is 0 Å². The van der Waals surface area contributed by atoms with Crippen LogP contribution in [-0.4, -0.2) is 18.4 Å². The monoisotopic (exact) mass is 200 g/mol. The van der Waals surface area contributed by atoms with Crippen molar-refractivity contribution in [1.29, 1.82) is 0 Å². The highest BCUT2D eigenvalue weighted by Crippen LogP contribution is 2.08. The van der Waals surface area contributed by atoms with E-state index >= 15 is 0 Å². The van der Waals surface area contributed by atoms with Crippen LogP contribution in [0.3, 0.4) is 0 Å². The number of hydrogen-bond acceptors (Lipinski definition) is 3. The van der Waals surface area contributed by atoms with Crippen LogP contribution in [0.2, 0.25) is 0 Å². The number of hydrogen-bond donors (Lipinski definition) is 0. The molecule has 0 aromatic heterocycles. The van der Waals surface area contributed by atoms with Gasteiger partial charge in [-0.05, 0) is 33.6 Å². The fourth-order valence-electron chi connectivity index (χ4n) is 0.774. The molecule has 0 saturated carbocycles. The first-order valence-electron chi connectivity index (χ1n) is 4.96. The van der Waals surface area contributed by atoms with Gasteiger partial charge in [-0.1, -0.05) is 19.1 Å². The van der Waals surface area contributed by atoms with Crippen LogP contribution >= 0.6 is 0 Å². The summed E-state index contributed by atoms with van der Waals surface area (Å²) in [6.07, 6.45) is 5.19. The van der Waals surface area contributed by atoms with Gasteiger partial charge in [-0.15, -0.1) is 0 Å². The summed E-state index contributed by atoms with van der Waals surface area (Å²) in [7, 11) is 0. The van der Waals surface area contributed by atoms with E-state index in [4.69, 9.17) is 9.47 Å². The van der Waals surface area contributed by atoms with E-state index in [9.17, 15) is 4.79 Å². The first kappa shape index (κ1) is 13.0. The molecule has 0 heterocycles. The molecule has 3 heteroatoms. The van der Waals surface area contributed by atoms with Crippen molar-refractivity contribution >= 4 is 6.16 Å². The molecule has 0 rings (SSSR count). The zero-order chi connectivity index (χ0) is 11.0. The van der Waals surface area contributed by atoms with Crippen molar-refractivity contribution in [3.05, 3.63) is 12.2 Å². The second-order valence-corrected chi connectivity index (χ2v) is 3.98. The van der Waals surface area contributed by atoms with Gasteiger partial charge >= 0.3 is 6.16 Å². The molecule has 0 aromatic rings. The summed E-state index contributed by atoms with van der Waals surface area (Å²) in [6.45, 7) is 7.87. The lowest BCUT2D eigenvalue weighted by molar-refractivity contribution is -0.00639. The molecule has 0 aliphatic heterocycles. The predicted molar refractivity (Wildman–Crippen MR) is 56.2 cm³/mol. The van der Waals surface area contributed by atoms with Crippen molar-refractivity contribution in [3.8, 4) is 0 Å². The molecule has 82 valence electrons. The zero-order valence-corrected chi connectivity index (χ0v) is 9.50. The molecule has 14 heavy (non-hydrogen) atoms. The molecule has 0 amide bonds. The Hall–Kier alpha value is -0.990. The normalized spacial score (nSPS) is 11.7. The second kappa shape index (κ2) is 6.46. The molecule has 0 unspecified atom stereocenters. The van der Waals surface area contributed by atoms with Gasteiger partial charge in [0.1, 0.15) is 5.60 Å². The van der Waals surface area contributed by atoms with Gasteiger partial charge in [0.2, 0.25) is 0 Å². The van der Waals surface area contributed by atoms with Crippen LogP contribution in [0.4, 0.5) is 4.79 Å². The lowest BCUT2D eigenvalue weighted by atomic mass is 10.2. The minimum atomic E-state index is -0.595. The Balaban J connectivity index is 3.50. The Kier molecular flexibility index (Phi) is 6.00. The van der Waals surface area contributed by atoms with E-state index in [-0.39, 0.29) is 0 Å². The first-order valence-corrected chi connectivity index (χ1v) is 4.96. The number of ether oxygens (including phenoxy) is 2. The van der Waals surface area contributed by atoms with E-state index in [0.717, 1.165) is 12.8 Å². The molecule has 0 radical (unpaired) electrons. The van der Waals surface area contributed by atoms with Gasteiger partial charge < -0.3 is 9.47 Å². The van der Waals surface area contributed by atoms with E-state index in [2.05, 4.69) is 6.92 Å². The number of rotatable bonds is 4. The average molecular weight is 200 g/mol. The minimum Gasteiger partial charge on any atom is -0.434 e. The van der Waals surface area contributed by atoms with Crippen molar-refractivity contribution in [2.24, 2.45) is 0 Å². The zero-order valence-electron chi connectivity index (χ0n) is 9.50. The van der Waals surface area contributed by atoms with E-state index in [1.807, 2.05) is 32.9 Å². The topological polar surface area (TPSA) is 35.5 Å². The molecule has 3 nitrogen and oxygen atoms in total. The van der Waals surface area contributed by atoms with Gasteiger partial charge in [0, 0.05) is 0 Å². The first-order chi connectivity index (χ1) is 6.45. The number of allylic oxidation sites excluding steroid dienone is 1. The van der Waals surface area contributed by atoms with Gasteiger partial charge in [0.15, 0.2) is 0 Å². The molecular formula is C11H20O3. The average Bonchev–Trinajstić information content (AvgIpc) is 2.00. The summed E-state index contributed by atoms with van der Waals surface area (Å²) in [6, 6.07) is 0. The molecule has 0 bridgehead atoms. The maximum atomic E-state index is 11.0. The van der Waals surface area contributed by atoms with E-state index in [1.165, 1.54) is 0 Å². The highest BCUT2D eigenvalue weighted by Gasteiger charge is 2.16. The smallest absolute Gasteiger partial charge is 0.434 e. The van der Waals surface area contributed by atoms with Crippen molar-refractivity contribution < 1.29 is 14.3 Å². The summed E-state index contributed by atoms with van der Waals surface area (Å²) in [5, 5.41) is 0. The number of carbonyl (C=O) groups excluding carboxylic acids is 1. The quantitative estimate of drug-likeness (QED) is 0.397. The Morgan fingerprint density at radius 1 is 1.29 bits per heavy atom. The van der Waals surface area contributed by atoms with Gasteiger partial charge in [0.05, 0.1) is 6.61 Å². The Morgan fingerprint density at radius 3 is 2.43 bits per heavy atom. The highest BCUT2D eigenvalue weighted by molar-refractivity contribution is 5.60. The lowest BCUT2D eigenvalue weighted by Gasteiger charge is -2.18. The van der Waals surface area contributed by atoms with Crippen LogP contribution in [0.1, 0.15) is 40.5 Å². The molecule has 0 saturated heterocycles. The largest absolute Gasteiger partial charge is 0.508 e. The summed E-state index contributed by atoms with van der Waals surface area (Å²) < 4.78 is 9.81. The van der Waals surface area contributed by atoms with E-state index < -0.39 is 11.8 Å². The van der Waals surface area contributed by atoms with Crippen LogP contribution in [0.15, 0.2) is 12.2 Å². The third-order valence-corrected chi connectivity index (χ3v) is 1.30. The van der Waals surface area contributed by atoms with Gasteiger partial charge in [0.25, 0.3) is 0 Å². The van der Waals surface area contributed by atoms with Crippen molar-refractivity contribution in [2.45, 2.75) is 46.1 Å². The highest BCUT2D eigenvalue weighted by atomic mass is 16.7. The van der Waals surface area contributed by atoms with Crippen LogP contribution in [-0.2, 0) is 9.47 Å². The van der Waals surface area contributed by atoms with Crippen LogP contribution in [0, 0.1) is 0 Å². The molecule has 0 aliphatic carbocycles. The van der Waals surface area contributed by atoms with Gasteiger partial charge in [-0.2, -0.15) is 0 Å². The third-order valence-electron chi connectivity index (χ3n) is 1.30. The fourth-order valence-corrected chi connectivity index (χ4v) is 0.774. The fraction of sp³-hybridized carbons (Fsp3) is 0.727. The van der Waals surface area contributed by atoms with Crippen LogP contribution in [0.25, 0.3) is 0 Å². The molecule has 0 aromatic carbocycles. The third kappa shape index (κ3) is 9.10. The molecular weight excluding hydrogens is 180 g/mol. The van der Waals surface area contributed by atoms with Crippen LogP contribution in [0.5, 0.6) is 0 Å². The maximum Gasteiger partial charge on any atom is 0.508 e. The predicted octanol–water partition coefficient (Wildman–Crippen LogP) is 3.29. The molecule has 0 atom stereocenters. The van der Waals surface area contributed by atoms with Crippen molar-refractivity contribution in [2.75, 3.05) is 6.61 Å². The van der Waals surface area contributed by atoms with Gasteiger partial charge in [-0.3, -0.25) is 0 Å². The minimum absolute atomic E-state index is 0.380. The standard InChI is InChI=1S/C11H20O3/c1-5-6-7-8-9-13-10(12)14-11(2,3)4/h6-7H,5,8-9H2,1-4H3/b7-6-. The van der Waals surface area contributed by atoms with Crippen molar-refractivity contribution in [1.82, 2.24) is 0 Å². The summed E-state index contributed by atoms with van der Waals surface area (Å²) >= 11 is 0. The molecule has 0 aliphatic rings. The summed E-state index contributed by atoms with van der Waals surface area (Å²) in [5.74, 6) is 0. The van der Waals surface area contributed by atoms with Crippen LogP contribution < -0.4 is 0 Å². The molecule has 0 N–H and O–H groups in total. The van der Waals surface area contributed by atoms with E-state index in [1.54, 1.807) is 0 Å². The number of carbonyl (C=O) groups is 1. The van der Waals surface area contributed by atoms with E-state index in [0.29, 0.717) is 6.61 Å². The maximum absolute atomic E-state index is 11.0. The second-order valence-electron chi connectivity index (χ2n) is 3.98. The Labute approximate surface area is 86.1 Å². The Morgan fingerprint density at radius 2 is 1.93 bits per heavy atom. The SMILES string of the molecule is CC/C=C\CCOC(=O)OC(C)(C)C. The lowest BCUT2D eigenvalue weighted by Crippen LogP contribution is -2.24. The summed E-state index contributed by atoms with van der Waals surface area (Å²) in [5.41, 5.74) is -0.476. The van der Waals surface area contributed by atoms with Gasteiger partial charge in [-0.25, -0.2) is 4.79 Å². The molecule has 0 spiro atoms. The summed E-state index contributed by atoms with van der Waals surface area (Å²) in [4.78, 5) is 11.0.